The molecule has 2 heterocycles. The van der Waals surface area contributed by atoms with Gasteiger partial charge >= 0.3 is 0 Å². The number of nitriles is 1. The molecule has 1 aromatic carbocycles. The first-order valence-corrected chi connectivity index (χ1v) is 5.41. The Balaban J connectivity index is 1.93. The van der Waals surface area contributed by atoms with Gasteiger partial charge < -0.3 is 5.32 Å². The molecule has 0 amide bonds. The van der Waals surface area contributed by atoms with Crippen LogP contribution < -0.4 is 5.32 Å². The molecular formula is C11H8N8. The van der Waals surface area contributed by atoms with Crippen LogP contribution in [0.2, 0.25) is 0 Å². The number of nitrogens with zero attached hydrogens (tertiary/aromatic N) is 5. The van der Waals surface area contributed by atoms with Crippen molar-refractivity contribution in [3.63, 3.8) is 0 Å². The molecule has 3 rings (SSSR count). The lowest BCUT2D eigenvalue weighted by molar-refractivity contribution is 0.881. The van der Waals surface area contributed by atoms with E-state index >= 15 is 0 Å². The molecule has 0 bridgehead atoms. The van der Waals surface area contributed by atoms with E-state index in [9.17, 15) is 0 Å². The van der Waals surface area contributed by atoms with Crippen molar-refractivity contribution in [2.75, 3.05) is 5.32 Å². The number of tetrazole rings is 1. The van der Waals surface area contributed by atoms with Crippen molar-refractivity contribution in [1.82, 2.24) is 30.8 Å². The van der Waals surface area contributed by atoms with Crippen LogP contribution in [0.3, 0.4) is 0 Å². The Kier molecular flexibility index (Phi) is 2.63. The van der Waals surface area contributed by atoms with E-state index in [1.165, 1.54) is 6.20 Å². The number of fused-ring (bicyclic) bond motifs is 1. The topological polar surface area (TPSA) is 119 Å². The summed E-state index contributed by atoms with van der Waals surface area (Å²) in [6, 6.07) is 7.72. The number of benzene rings is 1. The lowest BCUT2D eigenvalue weighted by Gasteiger charge is -2.02. The number of anilines is 1. The zero-order chi connectivity index (χ0) is 13.1. The summed E-state index contributed by atoms with van der Waals surface area (Å²) in [5, 5.41) is 33.2. The summed E-state index contributed by atoms with van der Waals surface area (Å²) in [7, 11) is 0. The van der Waals surface area contributed by atoms with Crippen molar-refractivity contribution in [1.29, 1.82) is 5.26 Å². The summed E-state index contributed by atoms with van der Waals surface area (Å²) in [5.41, 5.74) is 1.96. The van der Waals surface area contributed by atoms with Gasteiger partial charge in [0.15, 0.2) is 0 Å². The Morgan fingerprint density at radius 3 is 3.16 bits per heavy atom. The maximum absolute atomic E-state index is 9.05. The van der Waals surface area contributed by atoms with Gasteiger partial charge in [-0.3, -0.25) is 5.10 Å². The number of aromatic nitrogens is 6. The smallest absolute Gasteiger partial charge is 0.216 e. The zero-order valence-corrected chi connectivity index (χ0v) is 9.62. The van der Waals surface area contributed by atoms with Crippen LogP contribution in [-0.4, -0.2) is 30.8 Å². The molecule has 0 spiro atoms. The molecule has 0 atom stereocenters. The summed E-state index contributed by atoms with van der Waals surface area (Å²) in [6.07, 6.45) is 3.26. The predicted molar refractivity (Wildman–Crippen MR) is 67.5 cm³/mol. The lowest BCUT2D eigenvalue weighted by atomic mass is 10.2. The first-order valence-electron chi connectivity index (χ1n) is 5.41. The van der Waals surface area contributed by atoms with E-state index in [-0.39, 0.29) is 11.4 Å². The molecule has 8 heteroatoms. The van der Waals surface area contributed by atoms with Gasteiger partial charge in [-0.25, -0.2) is 0 Å². The highest BCUT2D eigenvalue weighted by molar-refractivity contribution is 5.91. The highest BCUT2D eigenvalue weighted by atomic mass is 15.5. The molecule has 0 aliphatic rings. The second-order valence-corrected chi connectivity index (χ2v) is 3.69. The third-order valence-electron chi connectivity index (χ3n) is 2.56. The van der Waals surface area contributed by atoms with Crippen molar-refractivity contribution in [3.05, 3.63) is 36.4 Å². The fraction of sp³-hybridized carbons (Fsp3) is 0. The maximum atomic E-state index is 9.05. The Labute approximate surface area is 107 Å². The van der Waals surface area contributed by atoms with E-state index in [0.717, 1.165) is 16.6 Å². The van der Waals surface area contributed by atoms with Crippen LogP contribution in [0.5, 0.6) is 0 Å². The summed E-state index contributed by atoms with van der Waals surface area (Å²) in [4.78, 5) is 0. The molecule has 0 saturated heterocycles. The van der Waals surface area contributed by atoms with E-state index in [0.29, 0.717) is 0 Å². The van der Waals surface area contributed by atoms with Crippen LogP contribution in [-0.2, 0) is 0 Å². The summed E-state index contributed by atoms with van der Waals surface area (Å²) in [5.74, 6) is 0.242. The van der Waals surface area contributed by atoms with Gasteiger partial charge in [0.1, 0.15) is 11.6 Å². The fourth-order valence-electron chi connectivity index (χ4n) is 1.66. The first kappa shape index (κ1) is 10.9. The normalized spacial score (nSPS) is 11.4. The molecule has 0 aliphatic heterocycles. The predicted octanol–water partition coefficient (Wildman–Crippen LogP) is 1.05. The van der Waals surface area contributed by atoms with E-state index in [4.69, 9.17) is 5.26 Å². The van der Waals surface area contributed by atoms with E-state index in [1.807, 2.05) is 24.3 Å². The third kappa shape index (κ3) is 2.00. The molecule has 19 heavy (non-hydrogen) atoms. The average Bonchev–Trinajstić information content (AvgIpc) is 3.10. The summed E-state index contributed by atoms with van der Waals surface area (Å²) >= 11 is 0. The van der Waals surface area contributed by atoms with E-state index in [2.05, 4.69) is 36.1 Å². The van der Waals surface area contributed by atoms with Gasteiger partial charge in [-0.1, -0.05) is 12.1 Å². The monoisotopic (exact) mass is 252 g/mol. The average molecular weight is 252 g/mol. The Morgan fingerprint density at radius 1 is 1.42 bits per heavy atom. The van der Waals surface area contributed by atoms with Crippen molar-refractivity contribution < 1.29 is 0 Å². The quantitative estimate of drug-likeness (QED) is 0.599. The molecule has 0 fully saturated rings. The number of nitrogens with one attached hydrogen (secondary N) is 3. The number of para-hydroxylation sites is 1. The Bertz CT molecular complexity index is 761. The van der Waals surface area contributed by atoms with Crippen molar-refractivity contribution in [2.24, 2.45) is 0 Å². The van der Waals surface area contributed by atoms with Gasteiger partial charge in [0, 0.05) is 11.6 Å². The van der Waals surface area contributed by atoms with Crippen LogP contribution in [0.1, 0.15) is 5.82 Å². The van der Waals surface area contributed by atoms with E-state index < -0.39 is 0 Å². The molecule has 0 aliphatic carbocycles. The van der Waals surface area contributed by atoms with Gasteiger partial charge in [-0.05, 0) is 11.3 Å². The van der Waals surface area contributed by atoms with Crippen LogP contribution in [0.15, 0.2) is 30.6 Å². The van der Waals surface area contributed by atoms with Gasteiger partial charge in [0.25, 0.3) is 0 Å². The van der Waals surface area contributed by atoms with Crippen molar-refractivity contribution in [3.8, 4) is 6.07 Å². The number of hydrogen-bond acceptors (Lipinski definition) is 6. The molecule has 3 aromatic rings. The second-order valence-electron chi connectivity index (χ2n) is 3.69. The minimum atomic E-state index is 0.242. The SMILES string of the molecule is N#CC(=CNc1cccc2cn[nH]c12)c1nn[nH]n1. The van der Waals surface area contributed by atoms with Gasteiger partial charge in [-0.15, -0.1) is 10.2 Å². The Morgan fingerprint density at radius 2 is 2.37 bits per heavy atom. The highest BCUT2D eigenvalue weighted by Gasteiger charge is 2.06. The van der Waals surface area contributed by atoms with Crippen LogP contribution >= 0.6 is 0 Å². The maximum Gasteiger partial charge on any atom is 0.216 e. The zero-order valence-electron chi connectivity index (χ0n) is 9.62. The molecule has 8 nitrogen and oxygen atoms in total. The molecule has 92 valence electrons. The third-order valence-corrected chi connectivity index (χ3v) is 2.56. The Hall–Kier alpha value is -3.21. The molecule has 3 N–H and O–H groups in total. The minimum Gasteiger partial charge on any atom is -0.359 e. The first-order chi connectivity index (χ1) is 9.38. The number of hydrogen-bond donors (Lipinski definition) is 3. The summed E-state index contributed by atoms with van der Waals surface area (Å²) < 4.78 is 0. The second kappa shape index (κ2) is 4.58. The van der Waals surface area contributed by atoms with Crippen LogP contribution in [0.25, 0.3) is 16.5 Å². The van der Waals surface area contributed by atoms with Crippen LogP contribution in [0, 0.1) is 11.3 Å². The molecular weight excluding hydrogens is 244 g/mol. The van der Waals surface area contributed by atoms with E-state index in [1.54, 1.807) is 6.20 Å². The van der Waals surface area contributed by atoms with Gasteiger partial charge in [0.2, 0.25) is 5.82 Å². The lowest BCUT2D eigenvalue weighted by Crippen LogP contribution is -1.93. The molecule has 0 unspecified atom stereocenters. The number of allylic oxidation sites excluding steroid dienone is 1. The number of H-pyrrole nitrogens is 2. The molecule has 2 aromatic heterocycles. The van der Waals surface area contributed by atoms with Crippen LogP contribution in [0.4, 0.5) is 5.69 Å². The fourth-order valence-corrected chi connectivity index (χ4v) is 1.66. The minimum absolute atomic E-state index is 0.242. The van der Waals surface area contributed by atoms with Gasteiger partial charge in [-0.2, -0.15) is 15.6 Å². The highest BCUT2D eigenvalue weighted by Crippen LogP contribution is 2.21. The standard InChI is InChI=1S/C11H8N8/c12-4-8(11-16-18-19-17-11)5-13-9-3-1-2-7-6-14-15-10(7)9/h1-3,5-6,13H,(H,14,15)(H,16,17,18,19). The number of rotatable bonds is 3. The molecule has 0 saturated carbocycles. The van der Waals surface area contributed by atoms with Gasteiger partial charge in [0.05, 0.1) is 17.4 Å². The van der Waals surface area contributed by atoms with Crippen molar-refractivity contribution in [2.45, 2.75) is 0 Å². The number of aromatic amines is 2. The molecule has 0 radical (unpaired) electrons. The summed E-state index contributed by atoms with van der Waals surface area (Å²) in [6.45, 7) is 0. The largest absolute Gasteiger partial charge is 0.359 e. The van der Waals surface area contributed by atoms with Crippen molar-refractivity contribution >= 4 is 22.2 Å².